The van der Waals surface area contributed by atoms with E-state index < -0.39 is 17.9 Å². The lowest BCUT2D eigenvalue weighted by Crippen LogP contribution is -2.48. The van der Waals surface area contributed by atoms with Crippen LogP contribution in [0.15, 0.2) is 16.6 Å². The molecule has 0 bridgehead atoms. The van der Waals surface area contributed by atoms with E-state index in [0.717, 1.165) is 0 Å². The Morgan fingerprint density at radius 3 is 2.59 bits per heavy atom. The van der Waals surface area contributed by atoms with Gasteiger partial charge in [-0.2, -0.15) is 4.98 Å². The molecule has 1 aromatic carbocycles. The fourth-order valence-electron chi connectivity index (χ4n) is 2.97. The zero-order valence-electron chi connectivity index (χ0n) is 16.0. The molecule has 1 aromatic heterocycles. The van der Waals surface area contributed by atoms with E-state index in [1.165, 1.54) is 18.7 Å². The molecule has 3 N–H and O–H groups in total. The molecular formula is C18H22BrClFN5O3. The average molecular weight is 491 g/mol. The molecule has 29 heavy (non-hydrogen) atoms. The standard InChI is InChI=1S/C18H22BrClFN5O3/c1-18(2,29)14(21)9-22-16-23-13-8-11(19)12(20)7-10(13)15(24-16)25-3-5-26(6-4-25)17(27)28/h7-8,14,29H,3-6,9H2,1-2H3,(H,27,28)(H,22,23,24). The largest absolute Gasteiger partial charge is 0.465 e. The third kappa shape index (κ3) is 4.99. The molecule has 0 aliphatic carbocycles. The molecule has 0 saturated carbocycles. The number of hydrogen-bond donors (Lipinski definition) is 3. The van der Waals surface area contributed by atoms with Gasteiger partial charge in [-0.1, -0.05) is 11.6 Å². The highest BCUT2D eigenvalue weighted by Gasteiger charge is 2.27. The second kappa shape index (κ2) is 8.45. The van der Waals surface area contributed by atoms with Crippen molar-refractivity contribution in [2.45, 2.75) is 25.6 Å². The Morgan fingerprint density at radius 2 is 2.00 bits per heavy atom. The van der Waals surface area contributed by atoms with Gasteiger partial charge in [-0.15, -0.1) is 0 Å². The van der Waals surface area contributed by atoms with E-state index in [-0.39, 0.29) is 12.5 Å². The molecule has 3 rings (SSSR count). The van der Waals surface area contributed by atoms with Crippen LogP contribution in [0.3, 0.4) is 0 Å². The van der Waals surface area contributed by atoms with Crippen LogP contribution in [0.5, 0.6) is 0 Å². The van der Waals surface area contributed by atoms with Crippen molar-refractivity contribution in [3.63, 3.8) is 0 Å². The molecule has 0 spiro atoms. The van der Waals surface area contributed by atoms with Crippen LogP contribution >= 0.6 is 27.5 Å². The van der Waals surface area contributed by atoms with Gasteiger partial charge in [0, 0.05) is 36.0 Å². The number of benzene rings is 1. The summed E-state index contributed by atoms with van der Waals surface area (Å²) in [6, 6.07) is 3.50. The second-order valence-electron chi connectivity index (χ2n) is 7.41. The van der Waals surface area contributed by atoms with Gasteiger partial charge in [0.25, 0.3) is 0 Å². The van der Waals surface area contributed by atoms with Crippen LogP contribution in [0.1, 0.15) is 13.8 Å². The molecule has 2 aromatic rings. The SMILES string of the molecule is CC(C)(O)C(F)CNc1nc(N2CCN(C(=O)O)CC2)c2cc(Cl)c(Br)cc2n1. The third-order valence-corrected chi connectivity index (χ3v) is 5.97. The van der Waals surface area contributed by atoms with E-state index in [1.807, 2.05) is 4.90 Å². The number of hydrogen-bond acceptors (Lipinski definition) is 6. The van der Waals surface area contributed by atoms with Gasteiger partial charge in [-0.3, -0.25) is 0 Å². The van der Waals surface area contributed by atoms with Crippen LogP contribution in [0.4, 0.5) is 21.0 Å². The summed E-state index contributed by atoms with van der Waals surface area (Å²) in [5.74, 6) is 0.810. The predicted octanol–water partition coefficient (Wildman–Crippen LogP) is 3.37. The molecule has 1 saturated heterocycles. The van der Waals surface area contributed by atoms with Gasteiger partial charge < -0.3 is 25.3 Å². The van der Waals surface area contributed by atoms with Gasteiger partial charge in [-0.05, 0) is 41.9 Å². The maximum atomic E-state index is 14.1. The lowest BCUT2D eigenvalue weighted by atomic mass is 10.0. The number of carbonyl (C=O) groups is 1. The molecule has 2 heterocycles. The van der Waals surface area contributed by atoms with E-state index >= 15 is 0 Å². The van der Waals surface area contributed by atoms with Crippen LogP contribution < -0.4 is 10.2 Å². The molecule has 1 unspecified atom stereocenters. The molecule has 158 valence electrons. The number of halogens is 3. The zero-order valence-corrected chi connectivity index (χ0v) is 18.3. The van der Waals surface area contributed by atoms with E-state index in [9.17, 15) is 14.3 Å². The Bertz CT molecular complexity index is 918. The molecule has 1 fully saturated rings. The summed E-state index contributed by atoms with van der Waals surface area (Å²) in [4.78, 5) is 23.5. The minimum absolute atomic E-state index is 0.157. The van der Waals surface area contributed by atoms with Gasteiger partial charge in [0.05, 0.1) is 22.7 Å². The molecule has 1 aliphatic rings. The van der Waals surface area contributed by atoms with Gasteiger partial charge >= 0.3 is 6.09 Å². The van der Waals surface area contributed by atoms with Crippen LogP contribution in [-0.4, -0.2) is 75.7 Å². The summed E-state index contributed by atoms with van der Waals surface area (Å²) < 4.78 is 14.8. The number of rotatable bonds is 5. The minimum atomic E-state index is -1.51. The highest BCUT2D eigenvalue weighted by atomic mass is 79.9. The lowest BCUT2D eigenvalue weighted by Gasteiger charge is -2.34. The van der Waals surface area contributed by atoms with Gasteiger partial charge in [0.2, 0.25) is 5.95 Å². The highest BCUT2D eigenvalue weighted by Crippen LogP contribution is 2.33. The second-order valence-corrected chi connectivity index (χ2v) is 8.67. The predicted molar refractivity (Wildman–Crippen MR) is 114 cm³/mol. The summed E-state index contributed by atoms with van der Waals surface area (Å²) in [5.41, 5.74) is -0.885. The van der Waals surface area contributed by atoms with Crippen molar-refractivity contribution in [1.82, 2.24) is 14.9 Å². The Balaban J connectivity index is 1.94. The molecule has 1 amide bonds. The topological polar surface area (TPSA) is 102 Å². The number of nitrogens with zero attached hydrogens (tertiary/aromatic N) is 4. The van der Waals surface area contributed by atoms with Crippen LogP contribution in [-0.2, 0) is 0 Å². The number of nitrogens with one attached hydrogen (secondary N) is 1. The summed E-state index contributed by atoms with van der Waals surface area (Å²) in [7, 11) is 0. The number of amides is 1. The highest BCUT2D eigenvalue weighted by molar-refractivity contribution is 9.10. The molecule has 11 heteroatoms. The number of aromatic nitrogens is 2. The smallest absolute Gasteiger partial charge is 0.407 e. The summed E-state index contributed by atoms with van der Waals surface area (Å²) >= 11 is 9.64. The number of carboxylic acid groups (broad SMARTS) is 1. The van der Waals surface area contributed by atoms with E-state index in [0.29, 0.717) is 52.4 Å². The van der Waals surface area contributed by atoms with Crippen LogP contribution in [0.2, 0.25) is 5.02 Å². The first-order valence-corrected chi connectivity index (χ1v) is 10.2. The van der Waals surface area contributed by atoms with E-state index in [1.54, 1.807) is 12.1 Å². The van der Waals surface area contributed by atoms with Crippen molar-refractivity contribution < 1.29 is 19.4 Å². The van der Waals surface area contributed by atoms with E-state index in [2.05, 4.69) is 31.2 Å². The first-order valence-electron chi connectivity index (χ1n) is 9.06. The maximum absolute atomic E-state index is 14.1. The first kappa shape index (κ1) is 21.8. The van der Waals surface area contributed by atoms with Gasteiger partial charge in [0.15, 0.2) is 0 Å². The number of piperazine rings is 1. The summed E-state index contributed by atoms with van der Waals surface area (Å²) in [6.45, 7) is 4.25. The van der Waals surface area contributed by atoms with Crippen molar-refractivity contribution in [1.29, 1.82) is 0 Å². The number of aliphatic hydroxyl groups is 1. The third-order valence-electron chi connectivity index (χ3n) is 4.77. The maximum Gasteiger partial charge on any atom is 0.407 e. The minimum Gasteiger partial charge on any atom is -0.465 e. The molecule has 1 atom stereocenters. The van der Waals surface area contributed by atoms with Gasteiger partial charge in [0.1, 0.15) is 12.0 Å². The average Bonchev–Trinajstić information content (AvgIpc) is 2.66. The van der Waals surface area contributed by atoms with Crippen LogP contribution in [0, 0.1) is 0 Å². The van der Waals surface area contributed by atoms with Crippen molar-refractivity contribution in [3.8, 4) is 0 Å². The molecule has 0 radical (unpaired) electrons. The molecule has 8 nitrogen and oxygen atoms in total. The van der Waals surface area contributed by atoms with Crippen molar-refractivity contribution in [2.24, 2.45) is 0 Å². The van der Waals surface area contributed by atoms with Gasteiger partial charge in [-0.25, -0.2) is 14.2 Å². The van der Waals surface area contributed by atoms with Crippen molar-refractivity contribution >= 4 is 56.3 Å². The van der Waals surface area contributed by atoms with Crippen LogP contribution in [0.25, 0.3) is 10.9 Å². The normalized spacial score (nSPS) is 16.2. The Labute approximate surface area is 180 Å². The zero-order chi connectivity index (χ0) is 21.3. The van der Waals surface area contributed by atoms with Crippen molar-refractivity contribution in [2.75, 3.05) is 42.9 Å². The number of anilines is 2. The quantitative estimate of drug-likeness (QED) is 0.591. The Hall–Kier alpha value is -1.91. The molecular weight excluding hydrogens is 469 g/mol. The number of fused-ring (bicyclic) bond motifs is 1. The summed E-state index contributed by atoms with van der Waals surface area (Å²) in [5, 5.41) is 23.0. The Morgan fingerprint density at radius 1 is 1.34 bits per heavy atom. The first-order chi connectivity index (χ1) is 13.6. The molecule has 1 aliphatic heterocycles. The lowest BCUT2D eigenvalue weighted by molar-refractivity contribution is 0.00318. The fourth-order valence-corrected chi connectivity index (χ4v) is 3.46. The fraction of sp³-hybridized carbons (Fsp3) is 0.500. The Kier molecular flexibility index (Phi) is 6.35. The van der Waals surface area contributed by atoms with E-state index in [4.69, 9.17) is 16.7 Å². The summed E-state index contributed by atoms with van der Waals surface area (Å²) in [6.07, 6.45) is -2.46. The number of alkyl halides is 1. The monoisotopic (exact) mass is 489 g/mol. The van der Waals surface area contributed by atoms with Crippen molar-refractivity contribution in [3.05, 3.63) is 21.6 Å².